The lowest BCUT2D eigenvalue weighted by Gasteiger charge is -2.31. The molecule has 2 aliphatic heterocycles. The fourth-order valence-corrected chi connectivity index (χ4v) is 4.51. The van der Waals surface area contributed by atoms with E-state index in [1.807, 2.05) is 0 Å². The van der Waals surface area contributed by atoms with E-state index >= 15 is 0 Å². The van der Waals surface area contributed by atoms with Crippen LogP contribution in [0.3, 0.4) is 0 Å². The highest BCUT2D eigenvalue weighted by atomic mass is 32.2. The first-order valence-corrected chi connectivity index (χ1v) is 9.30. The molecule has 2 aliphatic rings. The summed E-state index contributed by atoms with van der Waals surface area (Å²) in [5.41, 5.74) is -0.825. The topological polar surface area (TPSA) is 49.4 Å². The Bertz CT molecular complexity index is 772. The number of sulfonamides is 1. The Morgan fingerprint density at radius 2 is 2.08 bits per heavy atom. The van der Waals surface area contributed by atoms with Gasteiger partial charge in [-0.2, -0.15) is 13.2 Å². The predicted molar refractivity (Wildman–Crippen MR) is 84.5 cm³/mol. The summed E-state index contributed by atoms with van der Waals surface area (Å²) in [7, 11) is -3.95. The van der Waals surface area contributed by atoms with Crippen molar-refractivity contribution in [3.63, 3.8) is 0 Å². The molecule has 24 heavy (non-hydrogen) atoms. The summed E-state index contributed by atoms with van der Waals surface area (Å²) in [5, 5.41) is 0. The molecule has 132 valence electrons. The quantitative estimate of drug-likeness (QED) is 0.881. The lowest BCUT2D eigenvalue weighted by Crippen LogP contribution is -2.34. The summed E-state index contributed by atoms with van der Waals surface area (Å²) in [6.45, 7) is 4.05. The molecule has 0 aromatic heterocycles. The van der Waals surface area contributed by atoms with Crippen molar-refractivity contribution in [3.05, 3.63) is 35.0 Å². The van der Waals surface area contributed by atoms with Crippen molar-refractivity contribution in [1.29, 1.82) is 0 Å². The highest BCUT2D eigenvalue weighted by Crippen LogP contribution is 2.38. The summed E-state index contributed by atoms with van der Waals surface area (Å²) in [6.07, 6.45) is -0.310. The van der Waals surface area contributed by atoms with Gasteiger partial charge in [0.25, 0.3) is 10.0 Å². The number of nitrogens with zero attached hydrogens (tertiary/aromatic N) is 1. The second kappa shape index (κ2) is 6.07. The third kappa shape index (κ3) is 3.44. The van der Waals surface area contributed by atoms with Gasteiger partial charge in [0.1, 0.15) is 0 Å². The van der Waals surface area contributed by atoms with Crippen LogP contribution in [0, 0.1) is 5.92 Å². The second-order valence-corrected chi connectivity index (χ2v) is 8.17. The Labute approximate surface area is 139 Å². The van der Waals surface area contributed by atoms with Crippen LogP contribution in [0.15, 0.2) is 23.2 Å². The van der Waals surface area contributed by atoms with Crippen LogP contribution in [-0.4, -0.2) is 26.4 Å². The highest BCUT2D eigenvalue weighted by molar-refractivity contribution is 7.89. The van der Waals surface area contributed by atoms with Crippen LogP contribution in [0.4, 0.5) is 13.2 Å². The maximum atomic E-state index is 13.4. The molecule has 8 heteroatoms. The van der Waals surface area contributed by atoms with Crippen molar-refractivity contribution >= 4 is 16.1 Å². The number of fused-ring (bicyclic) bond motifs is 1. The van der Waals surface area contributed by atoms with E-state index in [1.165, 1.54) is 6.07 Å². The monoisotopic (exact) mass is 360 g/mol. The highest BCUT2D eigenvalue weighted by Gasteiger charge is 2.37. The predicted octanol–water partition coefficient (Wildman–Crippen LogP) is 3.20. The third-order valence-corrected chi connectivity index (χ3v) is 5.78. The van der Waals surface area contributed by atoms with Crippen molar-refractivity contribution in [1.82, 2.24) is 9.62 Å². The van der Waals surface area contributed by atoms with E-state index in [-0.39, 0.29) is 10.5 Å². The van der Waals surface area contributed by atoms with Gasteiger partial charge in [-0.15, -0.1) is 0 Å². The van der Waals surface area contributed by atoms with E-state index in [4.69, 9.17) is 0 Å². The number of piperidine rings is 1. The molecule has 0 radical (unpaired) electrons. The van der Waals surface area contributed by atoms with Crippen molar-refractivity contribution in [2.75, 3.05) is 13.1 Å². The van der Waals surface area contributed by atoms with Gasteiger partial charge in [0.15, 0.2) is 0 Å². The van der Waals surface area contributed by atoms with Crippen LogP contribution >= 0.6 is 0 Å². The molecule has 1 saturated heterocycles. The van der Waals surface area contributed by atoms with Crippen molar-refractivity contribution in [3.8, 4) is 0 Å². The maximum Gasteiger partial charge on any atom is 0.417 e. The molecule has 1 aromatic carbocycles. The molecule has 3 rings (SSSR count). The first kappa shape index (κ1) is 17.3. The zero-order valence-corrected chi connectivity index (χ0v) is 14.0. The van der Waals surface area contributed by atoms with Gasteiger partial charge in [0, 0.05) is 24.9 Å². The van der Waals surface area contributed by atoms with Crippen LogP contribution < -0.4 is 4.72 Å². The largest absolute Gasteiger partial charge is 0.417 e. The Balaban J connectivity index is 2.04. The molecule has 0 saturated carbocycles. The Hall–Kier alpha value is -1.54. The molecular weight excluding hydrogens is 341 g/mol. The number of hydrogen-bond donors (Lipinski definition) is 1. The van der Waals surface area contributed by atoms with E-state index in [1.54, 1.807) is 0 Å². The van der Waals surface area contributed by atoms with E-state index < -0.39 is 21.8 Å². The number of nitrogens with one attached hydrogen (secondary N) is 1. The maximum absolute atomic E-state index is 13.4. The first-order valence-electron chi connectivity index (χ1n) is 7.82. The molecule has 2 heterocycles. The molecule has 1 N–H and O–H groups in total. The number of rotatable bonds is 2. The van der Waals surface area contributed by atoms with Gasteiger partial charge in [0.05, 0.1) is 10.5 Å². The third-order valence-electron chi connectivity index (χ3n) is 4.42. The molecular formula is C16H19F3N2O2S. The minimum absolute atomic E-state index is 0.294. The van der Waals surface area contributed by atoms with E-state index in [2.05, 4.69) is 16.5 Å². The molecule has 0 aliphatic carbocycles. The molecule has 1 fully saturated rings. The molecule has 0 unspecified atom stereocenters. The number of benzene rings is 1. The lowest BCUT2D eigenvalue weighted by molar-refractivity contribution is -0.138. The van der Waals surface area contributed by atoms with Gasteiger partial charge in [-0.3, -0.25) is 9.62 Å². The Morgan fingerprint density at radius 1 is 1.33 bits per heavy atom. The summed E-state index contributed by atoms with van der Waals surface area (Å²) in [5.74, 6) is 0.492. The minimum Gasteiger partial charge on any atom is -0.299 e. The van der Waals surface area contributed by atoms with Crippen molar-refractivity contribution < 1.29 is 21.6 Å². The zero-order chi connectivity index (χ0) is 17.5. The average Bonchev–Trinajstić information content (AvgIpc) is 2.46. The summed E-state index contributed by atoms with van der Waals surface area (Å²) in [4.78, 5) is 1.77. The molecule has 0 spiro atoms. The van der Waals surface area contributed by atoms with E-state index in [0.717, 1.165) is 44.3 Å². The summed E-state index contributed by atoms with van der Waals surface area (Å²) >= 11 is 0. The second-order valence-electron chi connectivity index (χ2n) is 6.49. The molecule has 0 amide bonds. The van der Waals surface area contributed by atoms with Gasteiger partial charge in [-0.25, -0.2) is 8.42 Å². The Morgan fingerprint density at radius 3 is 2.75 bits per heavy atom. The average molecular weight is 360 g/mol. The first-order chi connectivity index (χ1) is 11.2. The number of likely N-dealkylation sites (tertiary alicyclic amines) is 1. The fraction of sp³-hybridized carbons (Fsp3) is 0.500. The normalized spacial score (nSPS) is 23.6. The van der Waals surface area contributed by atoms with Crippen LogP contribution in [0.2, 0.25) is 0 Å². The van der Waals surface area contributed by atoms with Gasteiger partial charge in [-0.05, 0) is 49.1 Å². The van der Waals surface area contributed by atoms with Crippen LogP contribution in [-0.2, 0) is 22.7 Å². The van der Waals surface area contributed by atoms with E-state index in [0.29, 0.717) is 18.0 Å². The fourth-order valence-electron chi connectivity index (χ4n) is 3.36. The van der Waals surface area contributed by atoms with Gasteiger partial charge < -0.3 is 0 Å². The van der Waals surface area contributed by atoms with Gasteiger partial charge >= 0.3 is 6.18 Å². The lowest BCUT2D eigenvalue weighted by atomic mass is 9.98. The molecule has 1 aromatic rings. The summed E-state index contributed by atoms with van der Waals surface area (Å²) in [6, 6.07) is 2.43. The molecule has 4 nitrogen and oxygen atoms in total. The molecule has 0 bridgehead atoms. The van der Waals surface area contributed by atoms with E-state index in [9.17, 15) is 21.6 Å². The number of hydrogen-bond acceptors (Lipinski definition) is 3. The summed E-state index contributed by atoms with van der Waals surface area (Å²) < 4.78 is 66.5. The zero-order valence-electron chi connectivity index (χ0n) is 13.2. The standard InChI is InChI=1S/C16H19F3N2O2S/c1-11-3-2-6-21(9-11)10-12-7-14(16(17,18)19)13-4-5-20-24(22,23)15(13)8-12/h4-5,7-8,11,20H,2-3,6,9-10H2,1H3/t11-/m0/s1. The van der Waals surface area contributed by atoms with Gasteiger partial charge in [-0.1, -0.05) is 6.92 Å². The van der Waals surface area contributed by atoms with Crippen LogP contribution in [0.5, 0.6) is 0 Å². The van der Waals surface area contributed by atoms with Crippen LogP contribution in [0.1, 0.15) is 36.5 Å². The van der Waals surface area contributed by atoms with Crippen molar-refractivity contribution in [2.45, 2.75) is 37.4 Å². The SMILES string of the molecule is C[C@H]1CCCN(Cc2cc(C(F)(F)F)c3c(c2)S(=O)(=O)NC=C3)C1. The smallest absolute Gasteiger partial charge is 0.299 e. The Kier molecular flexibility index (Phi) is 4.37. The van der Waals surface area contributed by atoms with Gasteiger partial charge in [0.2, 0.25) is 0 Å². The van der Waals surface area contributed by atoms with Crippen LogP contribution in [0.25, 0.3) is 6.08 Å². The number of alkyl halides is 3. The molecule has 1 atom stereocenters. The van der Waals surface area contributed by atoms with Crippen molar-refractivity contribution in [2.24, 2.45) is 5.92 Å². The number of halogens is 3. The minimum atomic E-state index is -4.60.